The summed E-state index contributed by atoms with van der Waals surface area (Å²) in [6, 6.07) is 7.61. The molecule has 1 N–H and O–H groups in total. The van der Waals surface area contributed by atoms with Crippen LogP contribution >= 0.6 is 11.3 Å². The summed E-state index contributed by atoms with van der Waals surface area (Å²) in [5, 5.41) is 11.5. The van der Waals surface area contributed by atoms with Gasteiger partial charge in [-0.1, -0.05) is 0 Å². The molecule has 1 aromatic carbocycles. The van der Waals surface area contributed by atoms with Gasteiger partial charge < -0.3 is 14.7 Å². The number of hydrogen-bond acceptors (Lipinski definition) is 5. The molecular weight excluding hydrogens is 340 g/mol. The zero-order valence-corrected chi connectivity index (χ0v) is 15.0. The minimum absolute atomic E-state index is 0.116. The lowest BCUT2D eigenvalue weighted by molar-refractivity contribution is -0.141. The first kappa shape index (κ1) is 17.4. The van der Waals surface area contributed by atoms with E-state index in [0.29, 0.717) is 18.7 Å². The molecule has 132 valence electrons. The Labute approximate surface area is 150 Å². The van der Waals surface area contributed by atoms with Crippen molar-refractivity contribution in [2.75, 3.05) is 13.1 Å². The molecule has 2 heterocycles. The van der Waals surface area contributed by atoms with Crippen molar-refractivity contribution in [1.82, 2.24) is 9.88 Å². The lowest BCUT2D eigenvalue weighted by atomic mass is 10.1. The highest BCUT2D eigenvalue weighted by Gasteiger charge is 2.32. The SMILES string of the molecule is CC(C)Oc1ccc(-c2nc(C(=O)N3CCC(C(=O)O)C3)cs2)cc1. The zero-order chi connectivity index (χ0) is 18.0. The first-order chi connectivity index (χ1) is 11.9. The topological polar surface area (TPSA) is 79.7 Å². The van der Waals surface area contributed by atoms with E-state index in [1.54, 1.807) is 10.3 Å². The fourth-order valence-corrected chi connectivity index (χ4v) is 3.56. The summed E-state index contributed by atoms with van der Waals surface area (Å²) < 4.78 is 5.62. The van der Waals surface area contributed by atoms with Crippen LogP contribution in [0.5, 0.6) is 5.75 Å². The van der Waals surface area contributed by atoms with Crippen LogP contribution in [0.3, 0.4) is 0 Å². The zero-order valence-electron chi connectivity index (χ0n) is 14.1. The van der Waals surface area contributed by atoms with Crippen LogP contribution in [0.4, 0.5) is 0 Å². The molecule has 1 fully saturated rings. The summed E-state index contributed by atoms with van der Waals surface area (Å²) in [5.41, 5.74) is 1.29. The van der Waals surface area contributed by atoms with Gasteiger partial charge in [0, 0.05) is 24.0 Å². The van der Waals surface area contributed by atoms with E-state index in [-0.39, 0.29) is 18.6 Å². The fourth-order valence-electron chi connectivity index (χ4n) is 2.76. The molecule has 0 spiro atoms. The maximum absolute atomic E-state index is 12.5. The number of benzene rings is 1. The van der Waals surface area contributed by atoms with Crippen LogP contribution in [0.1, 0.15) is 30.8 Å². The monoisotopic (exact) mass is 360 g/mol. The van der Waals surface area contributed by atoms with Gasteiger partial charge in [-0.25, -0.2) is 4.98 Å². The van der Waals surface area contributed by atoms with Crippen molar-refractivity contribution in [2.24, 2.45) is 5.92 Å². The predicted octanol–water partition coefficient (Wildman–Crippen LogP) is 3.14. The standard InChI is InChI=1S/C18H20N2O4S/c1-11(2)24-14-5-3-12(4-6-14)16-19-15(10-25-16)17(21)20-8-7-13(9-20)18(22)23/h3-6,10-11,13H,7-9H2,1-2H3,(H,22,23). The summed E-state index contributed by atoms with van der Waals surface area (Å²) in [5.74, 6) is -0.733. The quantitative estimate of drug-likeness (QED) is 0.886. The average Bonchev–Trinajstić information content (AvgIpc) is 3.24. The third-order valence-electron chi connectivity index (χ3n) is 4.02. The number of aliphatic carboxylic acids is 1. The second-order valence-corrected chi connectivity index (χ2v) is 7.16. The van der Waals surface area contributed by atoms with Gasteiger partial charge in [-0.3, -0.25) is 9.59 Å². The smallest absolute Gasteiger partial charge is 0.308 e. The van der Waals surface area contributed by atoms with Crippen molar-refractivity contribution < 1.29 is 19.4 Å². The normalized spacial score (nSPS) is 17.1. The van der Waals surface area contributed by atoms with E-state index in [1.165, 1.54) is 11.3 Å². The van der Waals surface area contributed by atoms with E-state index >= 15 is 0 Å². The van der Waals surface area contributed by atoms with Crippen LogP contribution in [0, 0.1) is 5.92 Å². The Balaban J connectivity index is 1.70. The number of thiazole rings is 1. The third-order valence-corrected chi connectivity index (χ3v) is 4.91. The number of aromatic nitrogens is 1. The van der Waals surface area contributed by atoms with Crippen LogP contribution in [-0.4, -0.2) is 46.1 Å². The van der Waals surface area contributed by atoms with Crippen molar-refractivity contribution in [3.8, 4) is 16.3 Å². The number of nitrogens with zero attached hydrogens (tertiary/aromatic N) is 2. The Kier molecular flexibility index (Phi) is 5.03. The van der Waals surface area contributed by atoms with Crippen LogP contribution in [0.15, 0.2) is 29.6 Å². The highest BCUT2D eigenvalue weighted by molar-refractivity contribution is 7.13. The largest absolute Gasteiger partial charge is 0.491 e. The van der Waals surface area contributed by atoms with Crippen molar-refractivity contribution >= 4 is 23.2 Å². The molecule has 7 heteroatoms. The highest BCUT2D eigenvalue weighted by atomic mass is 32.1. The van der Waals surface area contributed by atoms with Gasteiger partial charge in [0.25, 0.3) is 5.91 Å². The molecule has 1 unspecified atom stereocenters. The number of hydrogen-bond donors (Lipinski definition) is 1. The van der Waals surface area contributed by atoms with Crippen molar-refractivity contribution in [1.29, 1.82) is 0 Å². The van der Waals surface area contributed by atoms with Crippen LogP contribution in [0.2, 0.25) is 0 Å². The van der Waals surface area contributed by atoms with E-state index in [4.69, 9.17) is 9.84 Å². The van der Waals surface area contributed by atoms with Gasteiger partial charge in [-0.05, 0) is 44.5 Å². The Hall–Kier alpha value is -2.41. The molecule has 6 nitrogen and oxygen atoms in total. The molecule has 2 aromatic rings. The van der Waals surface area contributed by atoms with Gasteiger partial charge >= 0.3 is 5.97 Å². The number of amides is 1. The minimum Gasteiger partial charge on any atom is -0.491 e. The maximum atomic E-state index is 12.5. The molecular formula is C18H20N2O4S. The van der Waals surface area contributed by atoms with Gasteiger partial charge in [0.1, 0.15) is 16.5 Å². The second-order valence-electron chi connectivity index (χ2n) is 6.30. The average molecular weight is 360 g/mol. The summed E-state index contributed by atoms with van der Waals surface area (Å²) in [7, 11) is 0. The van der Waals surface area contributed by atoms with E-state index in [2.05, 4.69) is 4.98 Å². The summed E-state index contributed by atoms with van der Waals surface area (Å²) >= 11 is 1.40. The first-order valence-electron chi connectivity index (χ1n) is 8.18. The molecule has 0 saturated carbocycles. The van der Waals surface area contributed by atoms with Gasteiger partial charge in [0.2, 0.25) is 0 Å². The van der Waals surface area contributed by atoms with E-state index in [0.717, 1.165) is 16.3 Å². The lowest BCUT2D eigenvalue weighted by Gasteiger charge is -2.13. The summed E-state index contributed by atoms with van der Waals surface area (Å²) in [6.07, 6.45) is 0.611. The summed E-state index contributed by atoms with van der Waals surface area (Å²) in [4.78, 5) is 29.5. The van der Waals surface area contributed by atoms with Crippen molar-refractivity contribution in [3.05, 3.63) is 35.3 Å². The number of carbonyl (C=O) groups is 2. The van der Waals surface area contributed by atoms with Crippen LogP contribution < -0.4 is 4.74 Å². The maximum Gasteiger partial charge on any atom is 0.308 e. The molecule has 1 aromatic heterocycles. The Morgan fingerprint density at radius 2 is 2.04 bits per heavy atom. The van der Waals surface area contributed by atoms with Crippen molar-refractivity contribution in [3.63, 3.8) is 0 Å². The van der Waals surface area contributed by atoms with E-state index < -0.39 is 11.9 Å². The molecule has 25 heavy (non-hydrogen) atoms. The fraction of sp³-hybridized carbons (Fsp3) is 0.389. The van der Waals surface area contributed by atoms with E-state index in [9.17, 15) is 9.59 Å². The summed E-state index contributed by atoms with van der Waals surface area (Å²) in [6.45, 7) is 4.66. The van der Waals surface area contributed by atoms with Gasteiger partial charge in [0.15, 0.2) is 0 Å². The number of carbonyl (C=O) groups excluding carboxylic acids is 1. The molecule has 0 aliphatic carbocycles. The highest BCUT2D eigenvalue weighted by Crippen LogP contribution is 2.27. The molecule has 3 rings (SSSR count). The number of carboxylic acid groups (broad SMARTS) is 1. The second kappa shape index (κ2) is 7.23. The van der Waals surface area contributed by atoms with Crippen LogP contribution in [-0.2, 0) is 4.79 Å². The molecule has 1 amide bonds. The molecule has 1 atom stereocenters. The molecule has 1 aliphatic heterocycles. The Morgan fingerprint density at radius 1 is 1.32 bits per heavy atom. The Morgan fingerprint density at radius 3 is 2.64 bits per heavy atom. The minimum atomic E-state index is -0.849. The first-order valence-corrected chi connectivity index (χ1v) is 9.06. The Bertz CT molecular complexity index is 770. The lowest BCUT2D eigenvalue weighted by Crippen LogP contribution is -2.30. The molecule has 1 saturated heterocycles. The van der Waals surface area contributed by atoms with E-state index in [1.807, 2.05) is 38.1 Å². The predicted molar refractivity (Wildman–Crippen MR) is 95.0 cm³/mol. The third kappa shape index (κ3) is 3.99. The number of ether oxygens (including phenoxy) is 1. The molecule has 0 radical (unpaired) electrons. The molecule has 1 aliphatic rings. The van der Waals surface area contributed by atoms with Crippen molar-refractivity contribution in [2.45, 2.75) is 26.4 Å². The van der Waals surface area contributed by atoms with Gasteiger partial charge in [-0.2, -0.15) is 0 Å². The number of rotatable bonds is 5. The van der Waals surface area contributed by atoms with Crippen LogP contribution in [0.25, 0.3) is 10.6 Å². The number of likely N-dealkylation sites (tertiary alicyclic amines) is 1. The number of carboxylic acids is 1. The van der Waals surface area contributed by atoms with Gasteiger partial charge in [0.05, 0.1) is 12.0 Å². The molecule has 0 bridgehead atoms. The van der Waals surface area contributed by atoms with Gasteiger partial charge in [-0.15, -0.1) is 11.3 Å².